The summed E-state index contributed by atoms with van der Waals surface area (Å²) in [5.41, 5.74) is 1.36. The molecule has 1 aromatic rings. The smallest absolute Gasteiger partial charge is 0.226 e. The molecule has 22 heavy (non-hydrogen) atoms. The van der Waals surface area contributed by atoms with Crippen molar-refractivity contribution in [2.24, 2.45) is 11.8 Å². The van der Waals surface area contributed by atoms with E-state index in [1.165, 1.54) is 50.5 Å². The highest BCUT2D eigenvalue weighted by Gasteiger charge is 2.48. The Morgan fingerprint density at radius 2 is 1.73 bits per heavy atom. The van der Waals surface area contributed by atoms with Gasteiger partial charge in [-0.3, -0.25) is 4.79 Å². The third kappa shape index (κ3) is 2.68. The Morgan fingerprint density at radius 1 is 0.955 bits per heavy atom. The van der Waals surface area contributed by atoms with E-state index in [1.807, 2.05) is 0 Å². The van der Waals surface area contributed by atoms with Crippen molar-refractivity contribution < 1.29 is 4.79 Å². The van der Waals surface area contributed by atoms with Crippen LogP contribution in [0.3, 0.4) is 0 Å². The summed E-state index contributed by atoms with van der Waals surface area (Å²) in [5.74, 6) is 2.00. The zero-order chi connectivity index (χ0) is 14.9. The lowest BCUT2D eigenvalue weighted by Crippen LogP contribution is -2.41. The number of hydrogen-bond acceptors (Lipinski definition) is 1. The molecule has 1 saturated heterocycles. The van der Waals surface area contributed by atoms with Crippen LogP contribution in [-0.4, -0.2) is 23.4 Å². The summed E-state index contributed by atoms with van der Waals surface area (Å²) >= 11 is 0. The molecule has 3 atom stereocenters. The van der Waals surface area contributed by atoms with E-state index in [4.69, 9.17) is 0 Å². The minimum atomic E-state index is 0.270. The second-order valence-corrected chi connectivity index (χ2v) is 7.50. The monoisotopic (exact) mass is 297 g/mol. The van der Waals surface area contributed by atoms with Crippen LogP contribution in [0.1, 0.15) is 62.8 Å². The largest absolute Gasteiger partial charge is 0.339 e. The Labute approximate surface area is 133 Å². The van der Waals surface area contributed by atoms with Crippen molar-refractivity contribution in [1.29, 1.82) is 0 Å². The molecule has 1 heterocycles. The van der Waals surface area contributed by atoms with Crippen molar-refractivity contribution in [3.63, 3.8) is 0 Å². The normalized spacial score (nSPS) is 32.2. The molecule has 2 heteroatoms. The van der Waals surface area contributed by atoms with Crippen LogP contribution in [0.2, 0.25) is 0 Å². The van der Waals surface area contributed by atoms with Crippen LogP contribution in [0.5, 0.6) is 0 Å². The number of carbonyl (C=O) groups excluding carboxylic acids is 1. The number of benzene rings is 1. The molecular weight excluding hydrogens is 270 g/mol. The van der Waals surface area contributed by atoms with Crippen LogP contribution in [0.4, 0.5) is 0 Å². The van der Waals surface area contributed by atoms with E-state index in [-0.39, 0.29) is 5.92 Å². The number of likely N-dealkylation sites (tertiary alicyclic amines) is 1. The quantitative estimate of drug-likeness (QED) is 0.811. The fraction of sp³-hybridized carbons (Fsp3) is 0.650. The molecule has 4 rings (SSSR count). The van der Waals surface area contributed by atoms with E-state index < -0.39 is 0 Å². The maximum atomic E-state index is 13.0. The van der Waals surface area contributed by atoms with Gasteiger partial charge in [0.1, 0.15) is 0 Å². The molecule has 2 nitrogen and oxygen atoms in total. The maximum Gasteiger partial charge on any atom is 0.226 e. The van der Waals surface area contributed by atoms with Crippen LogP contribution in [0.25, 0.3) is 0 Å². The number of carbonyl (C=O) groups is 1. The van der Waals surface area contributed by atoms with Crippen molar-refractivity contribution in [3.05, 3.63) is 35.9 Å². The number of hydrogen-bond donors (Lipinski definition) is 0. The van der Waals surface area contributed by atoms with Gasteiger partial charge in [0.15, 0.2) is 0 Å². The molecule has 0 N–H and O–H groups in total. The van der Waals surface area contributed by atoms with Gasteiger partial charge in [-0.25, -0.2) is 0 Å². The molecule has 0 unspecified atom stereocenters. The van der Waals surface area contributed by atoms with Crippen LogP contribution in [0.15, 0.2) is 30.3 Å². The molecule has 0 radical (unpaired) electrons. The highest BCUT2D eigenvalue weighted by molar-refractivity contribution is 5.83. The molecule has 1 amide bonds. The summed E-state index contributed by atoms with van der Waals surface area (Å²) in [6.07, 6.45) is 10.4. The van der Waals surface area contributed by atoms with Gasteiger partial charge in [-0.2, -0.15) is 0 Å². The SMILES string of the molecule is O=C([C@@H]1C[C@H]1c1ccccc1)N1CCC[C@@H]1C1CCCCC1. The van der Waals surface area contributed by atoms with Crippen molar-refractivity contribution in [2.75, 3.05) is 6.54 Å². The van der Waals surface area contributed by atoms with Gasteiger partial charge in [-0.15, -0.1) is 0 Å². The summed E-state index contributed by atoms with van der Waals surface area (Å²) in [5, 5.41) is 0. The number of nitrogens with zero attached hydrogens (tertiary/aromatic N) is 1. The van der Waals surface area contributed by atoms with E-state index in [9.17, 15) is 4.79 Å². The Hall–Kier alpha value is -1.31. The van der Waals surface area contributed by atoms with Gasteiger partial charge in [-0.1, -0.05) is 49.6 Å². The standard InChI is InChI=1S/C20H27NO/c22-20(18-14-17(18)15-8-3-1-4-9-15)21-13-7-12-19(21)16-10-5-2-6-11-16/h1,3-4,8-9,16-19H,2,5-7,10-14H2/t17-,18+,19+/m0/s1. The minimum absolute atomic E-state index is 0.270. The van der Waals surface area contributed by atoms with Crippen LogP contribution in [0, 0.1) is 11.8 Å². The molecule has 0 aromatic heterocycles. The maximum absolute atomic E-state index is 13.0. The van der Waals surface area contributed by atoms with E-state index in [2.05, 4.69) is 35.2 Å². The average Bonchev–Trinajstić information content (AvgIpc) is 3.24. The highest BCUT2D eigenvalue weighted by Crippen LogP contribution is 2.49. The van der Waals surface area contributed by atoms with E-state index in [0.29, 0.717) is 17.9 Å². The average molecular weight is 297 g/mol. The molecule has 1 aromatic carbocycles. The zero-order valence-corrected chi connectivity index (χ0v) is 13.4. The van der Waals surface area contributed by atoms with Gasteiger partial charge in [0.05, 0.1) is 0 Å². The summed E-state index contributed by atoms with van der Waals surface area (Å²) < 4.78 is 0. The van der Waals surface area contributed by atoms with Crippen LogP contribution < -0.4 is 0 Å². The van der Waals surface area contributed by atoms with E-state index in [1.54, 1.807) is 0 Å². The summed E-state index contributed by atoms with van der Waals surface area (Å²) in [4.78, 5) is 15.3. The molecule has 3 fully saturated rings. The Bertz CT molecular complexity index is 520. The first-order valence-corrected chi connectivity index (χ1v) is 9.20. The zero-order valence-electron chi connectivity index (χ0n) is 13.4. The molecule has 0 bridgehead atoms. The van der Waals surface area contributed by atoms with Crippen molar-refractivity contribution >= 4 is 5.91 Å². The van der Waals surface area contributed by atoms with Crippen LogP contribution in [-0.2, 0) is 4.79 Å². The third-order valence-electron chi connectivity index (χ3n) is 6.11. The predicted octanol–water partition coefficient (Wildman–Crippen LogP) is 4.36. The van der Waals surface area contributed by atoms with Gasteiger partial charge in [0, 0.05) is 18.5 Å². The summed E-state index contributed by atoms with van der Waals surface area (Å²) in [6.45, 7) is 1.01. The fourth-order valence-electron chi connectivity index (χ4n) is 4.82. The molecule has 2 saturated carbocycles. The first kappa shape index (κ1) is 14.3. The Balaban J connectivity index is 1.42. The second kappa shape index (κ2) is 6.06. The molecule has 3 aliphatic rings. The van der Waals surface area contributed by atoms with Gasteiger partial charge in [0.2, 0.25) is 5.91 Å². The predicted molar refractivity (Wildman–Crippen MR) is 88.6 cm³/mol. The minimum Gasteiger partial charge on any atom is -0.339 e. The van der Waals surface area contributed by atoms with Gasteiger partial charge in [-0.05, 0) is 49.5 Å². The summed E-state index contributed by atoms with van der Waals surface area (Å²) in [7, 11) is 0. The Morgan fingerprint density at radius 3 is 2.50 bits per heavy atom. The lowest BCUT2D eigenvalue weighted by atomic mass is 9.83. The molecule has 1 aliphatic heterocycles. The molecule has 118 valence electrons. The lowest BCUT2D eigenvalue weighted by Gasteiger charge is -2.34. The van der Waals surface area contributed by atoms with E-state index >= 15 is 0 Å². The fourth-order valence-corrected chi connectivity index (χ4v) is 4.82. The topological polar surface area (TPSA) is 20.3 Å². The van der Waals surface area contributed by atoms with Crippen molar-refractivity contribution in [2.45, 2.75) is 63.3 Å². The molecular formula is C20H27NO. The Kier molecular flexibility index (Phi) is 3.94. The van der Waals surface area contributed by atoms with Crippen molar-refractivity contribution in [3.8, 4) is 0 Å². The lowest BCUT2D eigenvalue weighted by molar-refractivity contribution is -0.134. The van der Waals surface area contributed by atoms with E-state index in [0.717, 1.165) is 18.9 Å². The van der Waals surface area contributed by atoms with Gasteiger partial charge < -0.3 is 4.90 Å². The van der Waals surface area contributed by atoms with Gasteiger partial charge in [0.25, 0.3) is 0 Å². The first-order valence-electron chi connectivity index (χ1n) is 9.20. The van der Waals surface area contributed by atoms with Gasteiger partial charge >= 0.3 is 0 Å². The summed E-state index contributed by atoms with van der Waals surface area (Å²) in [6, 6.07) is 11.2. The molecule has 0 spiro atoms. The first-order chi connectivity index (χ1) is 10.8. The molecule has 2 aliphatic carbocycles. The highest BCUT2D eigenvalue weighted by atomic mass is 16.2. The number of amides is 1. The number of rotatable bonds is 3. The second-order valence-electron chi connectivity index (χ2n) is 7.50. The van der Waals surface area contributed by atoms with Crippen molar-refractivity contribution in [1.82, 2.24) is 4.90 Å². The third-order valence-corrected chi connectivity index (χ3v) is 6.11. The van der Waals surface area contributed by atoms with Crippen LogP contribution >= 0.6 is 0 Å².